The van der Waals surface area contributed by atoms with E-state index < -0.39 is 28.5 Å². The molecule has 3 rings (SSSR count). The van der Waals surface area contributed by atoms with Gasteiger partial charge in [0.2, 0.25) is 11.8 Å². The predicted octanol–water partition coefficient (Wildman–Crippen LogP) is 4.69. The second kappa shape index (κ2) is 12.7. The Hall–Kier alpha value is -3.65. The first kappa shape index (κ1) is 28.9. The van der Waals surface area contributed by atoms with Gasteiger partial charge in [0.1, 0.15) is 12.6 Å². The summed E-state index contributed by atoms with van der Waals surface area (Å²) in [5.74, 6) is -0.508. The average Bonchev–Trinajstić information content (AvgIpc) is 2.91. The van der Waals surface area contributed by atoms with Crippen molar-refractivity contribution in [2.24, 2.45) is 5.92 Å². The van der Waals surface area contributed by atoms with E-state index in [1.165, 1.54) is 17.0 Å². The number of hydrogen-bond acceptors (Lipinski definition) is 4. The fourth-order valence-corrected chi connectivity index (χ4v) is 5.37. The van der Waals surface area contributed by atoms with Crippen molar-refractivity contribution >= 4 is 27.5 Å². The van der Waals surface area contributed by atoms with Crippen LogP contribution in [0.1, 0.15) is 37.5 Å². The van der Waals surface area contributed by atoms with Gasteiger partial charge in [0, 0.05) is 13.1 Å². The van der Waals surface area contributed by atoms with E-state index in [1.54, 1.807) is 37.3 Å². The monoisotopic (exact) mass is 535 g/mol. The van der Waals surface area contributed by atoms with Crippen LogP contribution in [0.5, 0.6) is 0 Å². The summed E-state index contributed by atoms with van der Waals surface area (Å²) < 4.78 is 28.7. The average molecular weight is 536 g/mol. The van der Waals surface area contributed by atoms with E-state index in [-0.39, 0.29) is 23.3 Å². The number of hydrogen-bond donors (Lipinski definition) is 1. The zero-order valence-electron chi connectivity index (χ0n) is 22.7. The lowest BCUT2D eigenvalue weighted by Crippen LogP contribution is -2.51. The number of aryl methyl sites for hydroxylation is 2. The quantitative estimate of drug-likeness (QED) is 0.386. The molecule has 0 aromatic heterocycles. The summed E-state index contributed by atoms with van der Waals surface area (Å²) in [6.45, 7) is 9.70. The third-order valence-corrected chi connectivity index (χ3v) is 8.22. The zero-order valence-corrected chi connectivity index (χ0v) is 23.5. The van der Waals surface area contributed by atoms with Crippen LogP contribution >= 0.6 is 0 Å². The lowest BCUT2D eigenvalue weighted by molar-refractivity contribution is -0.139. The fourth-order valence-electron chi connectivity index (χ4n) is 3.94. The molecule has 202 valence electrons. The maximum absolute atomic E-state index is 13.9. The van der Waals surface area contributed by atoms with E-state index in [1.807, 2.05) is 64.1 Å². The first-order chi connectivity index (χ1) is 18.0. The lowest BCUT2D eigenvalue weighted by Gasteiger charge is -2.32. The number of carbonyl (C=O) groups excluding carboxylic acids is 2. The minimum Gasteiger partial charge on any atom is -0.354 e. The zero-order chi connectivity index (χ0) is 27.9. The van der Waals surface area contributed by atoms with Crippen LogP contribution in [0, 0.1) is 19.8 Å². The molecule has 0 aliphatic heterocycles. The van der Waals surface area contributed by atoms with Crippen LogP contribution in [-0.4, -0.2) is 44.3 Å². The van der Waals surface area contributed by atoms with E-state index in [0.717, 1.165) is 21.0 Å². The van der Waals surface area contributed by atoms with Gasteiger partial charge in [-0.3, -0.25) is 13.9 Å². The Morgan fingerprint density at radius 1 is 0.842 bits per heavy atom. The van der Waals surface area contributed by atoms with Crippen molar-refractivity contribution in [3.63, 3.8) is 0 Å². The van der Waals surface area contributed by atoms with Gasteiger partial charge in [-0.2, -0.15) is 0 Å². The molecule has 38 heavy (non-hydrogen) atoms. The molecule has 0 unspecified atom stereocenters. The first-order valence-corrected chi connectivity index (χ1v) is 14.2. The van der Waals surface area contributed by atoms with Crippen molar-refractivity contribution in [2.45, 2.75) is 52.1 Å². The number of rotatable bonds is 11. The van der Waals surface area contributed by atoms with Gasteiger partial charge < -0.3 is 10.2 Å². The van der Waals surface area contributed by atoms with E-state index >= 15 is 0 Å². The van der Waals surface area contributed by atoms with Crippen molar-refractivity contribution in [1.29, 1.82) is 0 Å². The Labute approximate surface area is 226 Å². The number of carbonyl (C=O) groups is 2. The molecule has 3 aromatic rings. The Balaban J connectivity index is 2.01. The van der Waals surface area contributed by atoms with Crippen LogP contribution in [0.2, 0.25) is 0 Å². The summed E-state index contributed by atoms with van der Waals surface area (Å²) in [6, 6.07) is 21.9. The van der Waals surface area contributed by atoms with Crippen LogP contribution in [0.25, 0.3) is 0 Å². The molecular weight excluding hydrogens is 498 g/mol. The smallest absolute Gasteiger partial charge is 0.264 e. The molecule has 7 nitrogen and oxygen atoms in total. The SMILES string of the molecule is Cc1ccc(N(CC(=O)N(Cc2ccccc2)[C@H](C)C(=O)NCC(C)C)S(=O)(=O)c2ccccc2)cc1C. The minimum absolute atomic E-state index is 0.0864. The van der Waals surface area contributed by atoms with E-state index in [9.17, 15) is 18.0 Å². The van der Waals surface area contributed by atoms with E-state index in [0.29, 0.717) is 12.2 Å². The highest BCUT2D eigenvalue weighted by atomic mass is 32.2. The van der Waals surface area contributed by atoms with Crippen LogP contribution in [0.3, 0.4) is 0 Å². The highest BCUT2D eigenvalue weighted by Gasteiger charge is 2.32. The Morgan fingerprint density at radius 2 is 1.45 bits per heavy atom. The van der Waals surface area contributed by atoms with Crippen molar-refractivity contribution < 1.29 is 18.0 Å². The summed E-state index contributed by atoms with van der Waals surface area (Å²) in [5, 5.41) is 2.89. The second-order valence-corrected chi connectivity index (χ2v) is 11.8. The van der Waals surface area contributed by atoms with Gasteiger partial charge >= 0.3 is 0 Å². The first-order valence-electron chi connectivity index (χ1n) is 12.8. The molecule has 0 saturated heterocycles. The predicted molar refractivity (Wildman–Crippen MR) is 151 cm³/mol. The van der Waals surface area contributed by atoms with E-state index in [4.69, 9.17) is 0 Å². The molecule has 0 aliphatic rings. The summed E-state index contributed by atoms with van der Waals surface area (Å²) >= 11 is 0. The molecule has 8 heteroatoms. The largest absolute Gasteiger partial charge is 0.354 e. The molecular formula is C30H37N3O4S. The molecule has 3 aromatic carbocycles. The maximum atomic E-state index is 13.9. The maximum Gasteiger partial charge on any atom is 0.264 e. The number of nitrogens with zero attached hydrogens (tertiary/aromatic N) is 2. The Kier molecular flexibility index (Phi) is 9.69. The molecule has 0 fully saturated rings. The van der Waals surface area contributed by atoms with Gasteiger partial charge in [-0.1, -0.05) is 68.4 Å². The third kappa shape index (κ3) is 7.22. The number of amides is 2. The summed E-state index contributed by atoms with van der Waals surface area (Å²) in [7, 11) is -4.07. The van der Waals surface area contributed by atoms with Crippen LogP contribution in [0.4, 0.5) is 5.69 Å². The van der Waals surface area contributed by atoms with Gasteiger partial charge in [0.05, 0.1) is 10.6 Å². The molecule has 0 heterocycles. The number of nitrogens with one attached hydrogen (secondary N) is 1. The number of benzene rings is 3. The van der Waals surface area contributed by atoms with Crippen molar-refractivity contribution in [3.05, 3.63) is 95.6 Å². The van der Waals surface area contributed by atoms with E-state index in [2.05, 4.69) is 5.32 Å². The summed E-state index contributed by atoms with van der Waals surface area (Å²) in [5.41, 5.74) is 3.15. The van der Waals surface area contributed by atoms with Gasteiger partial charge in [-0.15, -0.1) is 0 Å². The van der Waals surface area contributed by atoms with Crippen LogP contribution < -0.4 is 9.62 Å². The topological polar surface area (TPSA) is 86.8 Å². The summed E-state index contributed by atoms with van der Waals surface area (Å²) in [6.07, 6.45) is 0. The van der Waals surface area contributed by atoms with Crippen molar-refractivity contribution in [2.75, 3.05) is 17.4 Å². The molecule has 2 amide bonds. The molecule has 0 bridgehead atoms. The normalized spacial score (nSPS) is 12.2. The van der Waals surface area contributed by atoms with Gasteiger partial charge in [-0.25, -0.2) is 8.42 Å². The highest BCUT2D eigenvalue weighted by Crippen LogP contribution is 2.26. The third-order valence-electron chi connectivity index (χ3n) is 6.44. The fraction of sp³-hybridized carbons (Fsp3) is 0.333. The van der Waals surface area contributed by atoms with Crippen molar-refractivity contribution in [3.8, 4) is 0 Å². The molecule has 0 spiro atoms. The number of anilines is 1. The second-order valence-electron chi connectivity index (χ2n) is 9.92. The summed E-state index contributed by atoms with van der Waals surface area (Å²) in [4.78, 5) is 28.4. The Morgan fingerprint density at radius 3 is 2.03 bits per heavy atom. The highest BCUT2D eigenvalue weighted by molar-refractivity contribution is 7.92. The standard InChI is InChI=1S/C30H37N3O4S/c1-22(2)19-31-30(35)25(5)32(20-26-12-8-6-9-13-26)29(34)21-33(27-17-16-23(3)24(4)18-27)38(36,37)28-14-10-7-11-15-28/h6-18,22,25H,19-21H2,1-5H3,(H,31,35)/t25-/m1/s1. The number of sulfonamides is 1. The molecule has 0 radical (unpaired) electrons. The van der Waals surface area contributed by atoms with Gasteiger partial charge in [0.25, 0.3) is 10.0 Å². The van der Waals surface area contributed by atoms with Crippen molar-refractivity contribution in [1.82, 2.24) is 10.2 Å². The molecule has 0 saturated carbocycles. The van der Waals surface area contributed by atoms with Gasteiger partial charge in [-0.05, 0) is 67.6 Å². The van der Waals surface area contributed by atoms with Crippen LogP contribution in [-0.2, 0) is 26.2 Å². The minimum atomic E-state index is -4.07. The molecule has 1 N–H and O–H groups in total. The Bertz CT molecular complexity index is 1340. The van der Waals surface area contributed by atoms with Crippen LogP contribution in [0.15, 0.2) is 83.8 Å². The molecule has 0 aliphatic carbocycles. The lowest BCUT2D eigenvalue weighted by atomic mass is 10.1. The van der Waals surface area contributed by atoms with Gasteiger partial charge in [0.15, 0.2) is 0 Å². The molecule has 1 atom stereocenters.